The smallest absolute Gasteiger partial charge is 0.410 e. The van der Waals surface area contributed by atoms with Gasteiger partial charge < -0.3 is 24.0 Å². The summed E-state index contributed by atoms with van der Waals surface area (Å²) < 4.78 is 16.3. The number of non-ortho nitro benzene ring substituents is 2. The van der Waals surface area contributed by atoms with Crippen LogP contribution in [0.4, 0.5) is 21.0 Å². The third-order valence-corrected chi connectivity index (χ3v) is 6.21. The summed E-state index contributed by atoms with van der Waals surface area (Å²) in [4.78, 5) is 48.2. The Hall–Kier alpha value is -3.91. The molecule has 0 N–H and O–H groups in total. The Labute approximate surface area is 224 Å². The lowest BCUT2D eigenvalue weighted by molar-refractivity contribution is -0.385. The van der Waals surface area contributed by atoms with E-state index in [1.165, 1.54) is 53.4 Å². The van der Waals surface area contributed by atoms with Crippen molar-refractivity contribution >= 4 is 36.2 Å². The Morgan fingerprint density at radius 1 is 0.974 bits per heavy atom. The number of rotatable bonds is 11. The molecule has 1 fully saturated rings. The molecular formula is C24H28N4O9S. The third kappa shape index (κ3) is 8.31. The number of hydrogen-bond acceptors (Lipinski definition) is 10. The highest BCUT2D eigenvalue weighted by Crippen LogP contribution is 2.23. The van der Waals surface area contributed by atoms with Crippen LogP contribution in [0.3, 0.4) is 0 Å². The summed E-state index contributed by atoms with van der Waals surface area (Å²) in [7, 11) is 1.56. The lowest BCUT2D eigenvalue weighted by Crippen LogP contribution is -2.39. The number of nitro benzene ring substituents is 2. The minimum absolute atomic E-state index is 0.0229. The van der Waals surface area contributed by atoms with Gasteiger partial charge in [-0.1, -0.05) is 0 Å². The number of ether oxygens (including phenoxy) is 3. The number of hydrogen-bond donors (Lipinski definition) is 1. The fourth-order valence-corrected chi connectivity index (χ4v) is 4.12. The second-order valence-electron chi connectivity index (χ2n) is 8.65. The van der Waals surface area contributed by atoms with E-state index >= 15 is 0 Å². The van der Waals surface area contributed by atoms with Crippen LogP contribution in [-0.2, 0) is 27.4 Å². The van der Waals surface area contributed by atoms with Crippen molar-refractivity contribution in [2.75, 3.05) is 33.4 Å². The van der Waals surface area contributed by atoms with Crippen molar-refractivity contribution in [2.45, 2.75) is 30.9 Å². The number of benzene rings is 2. The molecule has 0 radical (unpaired) electrons. The minimum atomic E-state index is -0.570. The first kappa shape index (κ1) is 28.7. The molecule has 38 heavy (non-hydrogen) atoms. The van der Waals surface area contributed by atoms with Crippen LogP contribution < -0.4 is 0 Å². The zero-order valence-electron chi connectivity index (χ0n) is 20.6. The van der Waals surface area contributed by atoms with Gasteiger partial charge in [-0.25, -0.2) is 9.59 Å². The maximum Gasteiger partial charge on any atom is 0.410 e. The van der Waals surface area contributed by atoms with Gasteiger partial charge >= 0.3 is 12.2 Å². The first-order chi connectivity index (χ1) is 18.1. The molecule has 2 aromatic rings. The average Bonchev–Trinajstić information content (AvgIpc) is 3.28. The summed E-state index contributed by atoms with van der Waals surface area (Å²) >= 11 is 4.48. The maximum atomic E-state index is 12.6. The molecule has 3 rings (SSSR count). The number of amides is 2. The molecule has 0 bridgehead atoms. The van der Waals surface area contributed by atoms with Crippen molar-refractivity contribution in [1.82, 2.24) is 9.80 Å². The predicted molar refractivity (Wildman–Crippen MR) is 138 cm³/mol. The molecular weight excluding hydrogens is 520 g/mol. The fourth-order valence-electron chi connectivity index (χ4n) is 3.70. The second kappa shape index (κ2) is 13.6. The third-order valence-electron chi connectivity index (χ3n) is 5.84. The monoisotopic (exact) mass is 548 g/mol. The fraction of sp³-hybridized carbons (Fsp3) is 0.417. The summed E-state index contributed by atoms with van der Waals surface area (Å²) in [6, 6.07) is 11.2. The molecule has 14 heteroatoms. The van der Waals surface area contributed by atoms with E-state index in [4.69, 9.17) is 14.2 Å². The molecule has 1 saturated heterocycles. The van der Waals surface area contributed by atoms with E-state index in [9.17, 15) is 29.8 Å². The topological polar surface area (TPSA) is 155 Å². The highest BCUT2D eigenvalue weighted by molar-refractivity contribution is 7.81. The van der Waals surface area contributed by atoms with Crippen molar-refractivity contribution in [3.8, 4) is 0 Å². The molecule has 0 unspecified atom stereocenters. The zero-order valence-corrected chi connectivity index (χ0v) is 21.5. The molecule has 1 heterocycles. The molecule has 0 aromatic heterocycles. The van der Waals surface area contributed by atoms with Crippen molar-refractivity contribution in [1.29, 1.82) is 0 Å². The Morgan fingerprint density at radius 2 is 1.50 bits per heavy atom. The lowest BCUT2D eigenvalue weighted by atomic mass is 10.2. The van der Waals surface area contributed by atoms with Gasteiger partial charge in [-0.05, 0) is 41.8 Å². The molecule has 0 spiro atoms. The van der Waals surface area contributed by atoms with E-state index in [1.807, 2.05) is 0 Å². The first-order valence-electron chi connectivity index (χ1n) is 11.7. The van der Waals surface area contributed by atoms with Crippen LogP contribution in [0.2, 0.25) is 0 Å². The van der Waals surface area contributed by atoms with Gasteiger partial charge in [0.1, 0.15) is 13.2 Å². The second-order valence-corrected chi connectivity index (χ2v) is 9.38. The summed E-state index contributed by atoms with van der Waals surface area (Å²) in [6.45, 7) is 1.04. The molecule has 2 amide bonds. The van der Waals surface area contributed by atoms with Gasteiger partial charge in [0, 0.05) is 49.7 Å². The molecule has 204 valence electrons. The summed E-state index contributed by atoms with van der Waals surface area (Å²) in [5.74, 6) is 0. The van der Waals surface area contributed by atoms with Gasteiger partial charge in [0.2, 0.25) is 0 Å². The number of nitrogens with zero attached hydrogens (tertiary/aromatic N) is 4. The van der Waals surface area contributed by atoms with Crippen LogP contribution in [0.25, 0.3) is 0 Å². The summed E-state index contributed by atoms with van der Waals surface area (Å²) in [5.41, 5.74) is 1.16. The van der Waals surface area contributed by atoms with E-state index < -0.39 is 22.0 Å². The van der Waals surface area contributed by atoms with Crippen LogP contribution in [0.5, 0.6) is 0 Å². The molecule has 1 aliphatic rings. The molecule has 2 aromatic carbocycles. The van der Waals surface area contributed by atoms with Gasteiger partial charge in [0.15, 0.2) is 0 Å². The highest BCUT2D eigenvalue weighted by Gasteiger charge is 2.34. The van der Waals surface area contributed by atoms with E-state index in [0.29, 0.717) is 24.1 Å². The Balaban J connectivity index is 1.37. The number of nitro groups is 2. The standard InChI is InChI=1S/C24H28N4O9S/c1-25(23(29)36-14-17-2-6-19(7-3-17)27(31)32)10-11-35-16-21-12-22(38)13-26(21)24(30)37-15-18-4-8-20(9-5-18)28(33)34/h2-9,21-22,38H,10-16H2,1H3/t21-,22-/m0/s1. The van der Waals surface area contributed by atoms with Gasteiger partial charge in [-0.15, -0.1) is 0 Å². The Morgan fingerprint density at radius 3 is 2.03 bits per heavy atom. The molecule has 0 aliphatic carbocycles. The van der Waals surface area contributed by atoms with Gasteiger partial charge in [0.25, 0.3) is 11.4 Å². The number of thiol groups is 1. The predicted octanol–water partition coefficient (Wildman–Crippen LogP) is 3.80. The first-order valence-corrected chi connectivity index (χ1v) is 12.2. The van der Waals surface area contributed by atoms with Gasteiger partial charge in [0.05, 0.1) is 29.1 Å². The normalized spacial score (nSPS) is 16.6. The van der Waals surface area contributed by atoms with Crippen molar-refractivity contribution in [3.63, 3.8) is 0 Å². The minimum Gasteiger partial charge on any atom is -0.445 e. The summed E-state index contributed by atoms with van der Waals surface area (Å²) in [5, 5.41) is 21.4. The maximum absolute atomic E-state index is 12.6. The van der Waals surface area contributed by atoms with Crippen LogP contribution >= 0.6 is 12.6 Å². The van der Waals surface area contributed by atoms with E-state index in [0.717, 1.165) is 0 Å². The van der Waals surface area contributed by atoms with E-state index in [1.54, 1.807) is 11.9 Å². The SMILES string of the molecule is CN(CCOC[C@@H]1C[C@H](S)CN1C(=O)OCc1ccc([N+](=O)[O-])cc1)C(=O)OCc1ccc([N+](=O)[O-])cc1. The Kier molecular flexibility index (Phi) is 10.2. The number of likely N-dealkylation sites (N-methyl/N-ethyl adjacent to an activating group) is 1. The average molecular weight is 549 g/mol. The van der Waals surface area contributed by atoms with Crippen molar-refractivity contribution in [2.24, 2.45) is 0 Å². The largest absolute Gasteiger partial charge is 0.445 e. The van der Waals surface area contributed by atoms with Crippen LogP contribution in [0.15, 0.2) is 48.5 Å². The number of carbonyl (C=O) groups excluding carboxylic acids is 2. The lowest BCUT2D eigenvalue weighted by Gasteiger charge is -2.24. The molecule has 0 saturated carbocycles. The number of carbonyl (C=O) groups is 2. The summed E-state index contributed by atoms with van der Waals surface area (Å²) in [6.07, 6.45) is -0.483. The molecule has 2 atom stereocenters. The highest BCUT2D eigenvalue weighted by atomic mass is 32.1. The van der Waals surface area contributed by atoms with Crippen LogP contribution in [0.1, 0.15) is 17.5 Å². The van der Waals surface area contributed by atoms with Crippen LogP contribution in [-0.4, -0.2) is 76.5 Å². The van der Waals surface area contributed by atoms with E-state index in [2.05, 4.69) is 12.6 Å². The van der Waals surface area contributed by atoms with Gasteiger partial charge in [-0.2, -0.15) is 12.6 Å². The van der Waals surface area contributed by atoms with Crippen molar-refractivity contribution < 1.29 is 33.6 Å². The van der Waals surface area contributed by atoms with E-state index in [-0.39, 0.29) is 55.6 Å². The van der Waals surface area contributed by atoms with Crippen molar-refractivity contribution in [3.05, 3.63) is 79.9 Å². The van der Waals surface area contributed by atoms with Gasteiger partial charge in [-0.3, -0.25) is 20.2 Å². The quantitative estimate of drug-likeness (QED) is 0.191. The molecule has 1 aliphatic heterocycles. The number of likely N-dealkylation sites (tertiary alicyclic amines) is 1. The molecule has 13 nitrogen and oxygen atoms in total. The van der Waals surface area contributed by atoms with Crippen LogP contribution in [0, 0.1) is 20.2 Å². The zero-order chi connectivity index (χ0) is 27.7. The Bertz CT molecular complexity index is 1130.